The topological polar surface area (TPSA) is 183 Å². The van der Waals surface area contributed by atoms with Crippen molar-refractivity contribution in [2.24, 2.45) is 0 Å². The van der Waals surface area contributed by atoms with Gasteiger partial charge in [0.1, 0.15) is 0 Å². The van der Waals surface area contributed by atoms with Crippen molar-refractivity contribution in [2.75, 3.05) is 0 Å². The number of benzene rings is 1. The summed E-state index contributed by atoms with van der Waals surface area (Å²) in [5.74, 6) is -9.34. The molecule has 0 aromatic heterocycles. The Morgan fingerprint density at radius 1 is 0.724 bits per heavy atom. The molecule has 0 unspecified atom stereocenters. The maximum Gasteiger partial charge on any atom is 0.439 e. The zero-order valence-electron chi connectivity index (χ0n) is 13.1. The van der Waals surface area contributed by atoms with Gasteiger partial charge in [-0.25, -0.2) is 9.59 Å². The van der Waals surface area contributed by atoms with E-state index < -0.39 is 48.6 Å². The lowest BCUT2D eigenvalue weighted by molar-refractivity contribution is -0.247. The van der Waals surface area contributed by atoms with E-state index in [2.05, 4.69) is 0 Å². The number of hydrogen-bond acceptors (Lipinski definition) is 6. The quantitative estimate of drug-likeness (QED) is 0.346. The van der Waals surface area contributed by atoms with E-state index in [1.54, 1.807) is 0 Å². The van der Waals surface area contributed by atoms with Crippen LogP contribution in [0.5, 0.6) is 0 Å². The van der Waals surface area contributed by atoms with Crippen LogP contribution in [0.4, 0.5) is 26.3 Å². The van der Waals surface area contributed by atoms with Gasteiger partial charge in [-0.05, 0) is 18.2 Å². The molecular formula is C11H8F6O10S2. The summed E-state index contributed by atoms with van der Waals surface area (Å²) >= 11 is 0. The molecular weight excluding hydrogens is 470 g/mol. The van der Waals surface area contributed by atoms with E-state index in [4.69, 9.17) is 19.3 Å². The minimum absolute atomic E-state index is 0.0186. The Kier molecular flexibility index (Phi) is 7.44. The molecule has 0 radical (unpaired) electrons. The average Bonchev–Trinajstić information content (AvgIpc) is 2.53. The second-order valence-corrected chi connectivity index (χ2v) is 7.67. The Bertz CT molecular complexity index is 927. The zero-order valence-corrected chi connectivity index (χ0v) is 14.8. The van der Waals surface area contributed by atoms with Crippen molar-refractivity contribution in [2.45, 2.75) is 16.4 Å². The van der Waals surface area contributed by atoms with Gasteiger partial charge in [0.25, 0.3) is 0 Å². The maximum atomic E-state index is 12.4. The third-order valence-electron chi connectivity index (χ3n) is 2.74. The lowest BCUT2D eigenvalue weighted by atomic mass is 10.1. The summed E-state index contributed by atoms with van der Waals surface area (Å²) in [5.41, 5.74) is -0.0372. The van der Waals surface area contributed by atoms with Gasteiger partial charge >= 0.3 is 48.6 Å². The average molecular weight is 478 g/mol. The molecule has 0 spiro atoms. The molecule has 1 rings (SSSR count). The second kappa shape index (κ2) is 8.13. The van der Waals surface area contributed by atoms with Crippen LogP contribution in [0.1, 0.15) is 20.7 Å². The van der Waals surface area contributed by atoms with Gasteiger partial charge in [-0.3, -0.25) is 9.11 Å². The lowest BCUT2D eigenvalue weighted by Crippen LogP contribution is -2.60. The predicted molar refractivity (Wildman–Crippen MR) is 78.3 cm³/mol. The van der Waals surface area contributed by atoms with Gasteiger partial charge in [0.2, 0.25) is 0 Å². The van der Waals surface area contributed by atoms with Crippen molar-refractivity contribution in [1.82, 2.24) is 0 Å². The van der Waals surface area contributed by atoms with Gasteiger partial charge in [-0.15, -0.1) is 0 Å². The summed E-state index contributed by atoms with van der Waals surface area (Å²) in [5, 5.41) is 3.36. The van der Waals surface area contributed by atoms with E-state index in [0.717, 1.165) is 6.07 Å². The highest BCUT2D eigenvalue weighted by Crippen LogP contribution is 2.50. The highest BCUT2D eigenvalue weighted by Gasteiger charge is 2.82. The van der Waals surface area contributed by atoms with Crippen LogP contribution in [0.25, 0.3) is 0 Å². The number of carbonyl (C=O) groups is 2. The molecule has 0 fully saturated rings. The van der Waals surface area contributed by atoms with E-state index >= 15 is 0 Å². The molecule has 0 amide bonds. The van der Waals surface area contributed by atoms with Gasteiger partial charge in [0, 0.05) is 0 Å². The third-order valence-corrected chi connectivity index (χ3v) is 4.54. The van der Waals surface area contributed by atoms with Crippen LogP contribution in [0.2, 0.25) is 0 Å². The Morgan fingerprint density at radius 3 is 1.21 bits per heavy atom. The fourth-order valence-electron chi connectivity index (χ4n) is 1.28. The molecule has 0 saturated carbocycles. The minimum atomic E-state index is -7.08. The predicted octanol–water partition coefficient (Wildman–Crippen LogP) is 1.67. The molecule has 0 aliphatic carbocycles. The molecule has 18 heteroatoms. The van der Waals surface area contributed by atoms with Crippen LogP contribution < -0.4 is 0 Å². The zero-order chi connectivity index (χ0) is 23.6. The first-order valence-electron chi connectivity index (χ1n) is 6.25. The molecule has 0 saturated heterocycles. The first-order valence-corrected chi connectivity index (χ1v) is 9.13. The Morgan fingerprint density at radius 2 is 1.00 bits per heavy atom. The van der Waals surface area contributed by atoms with Crippen molar-refractivity contribution < 1.29 is 72.1 Å². The van der Waals surface area contributed by atoms with Crippen molar-refractivity contribution in [1.29, 1.82) is 0 Å². The number of rotatable bonds is 6. The smallest absolute Gasteiger partial charge is 0.439 e. The highest BCUT2D eigenvalue weighted by atomic mass is 32.2. The molecule has 166 valence electrons. The van der Waals surface area contributed by atoms with Gasteiger partial charge < -0.3 is 10.2 Å². The van der Waals surface area contributed by atoms with Crippen LogP contribution in [0.15, 0.2) is 24.3 Å². The van der Waals surface area contributed by atoms with Crippen molar-refractivity contribution in [3.05, 3.63) is 35.4 Å². The van der Waals surface area contributed by atoms with Gasteiger partial charge in [-0.2, -0.15) is 43.2 Å². The third kappa shape index (κ3) is 5.34. The summed E-state index contributed by atoms with van der Waals surface area (Å²) in [6, 6.07) is 5.20. The molecule has 4 N–H and O–H groups in total. The van der Waals surface area contributed by atoms with Crippen molar-refractivity contribution in [3.8, 4) is 0 Å². The molecule has 29 heavy (non-hydrogen) atoms. The minimum Gasteiger partial charge on any atom is -0.478 e. The molecule has 1 aromatic carbocycles. The van der Waals surface area contributed by atoms with E-state index in [1.807, 2.05) is 0 Å². The molecule has 0 aliphatic rings. The van der Waals surface area contributed by atoms with Crippen LogP contribution in [-0.4, -0.2) is 64.5 Å². The largest absolute Gasteiger partial charge is 0.478 e. The van der Waals surface area contributed by atoms with Crippen LogP contribution in [-0.2, 0) is 20.2 Å². The van der Waals surface area contributed by atoms with Crippen molar-refractivity contribution in [3.63, 3.8) is 0 Å². The Labute approximate surface area is 156 Å². The van der Waals surface area contributed by atoms with Crippen molar-refractivity contribution >= 4 is 32.2 Å². The summed E-state index contributed by atoms with van der Waals surface area (Å²) in [6.45, 7) is 0. The first-order chi connectivity index (χ1) is 12.6. The van der Waals surface area contributed by atoms with Crippen LogP contribution >= 0.6 is 0 Å². The number of carboxylic acids is 2. The number of carboxylic acid groups (broad SMARTS) is 2. The Hall–Kier alpha value is -2.44. The number of aromatic carboxylic acids is 2. The second-order valence-electron chi connectivity index (χ2n) is 4.75. The van der Waals surface area contributed by atoms with E-state index in [9.17, 15) is 52.8 Å². The fourth-order valence-corrected chi connectivity index (χ4v) is 2.25. The highest BCUT2D eigenvalue weighted by molar-refractivity contribution is 7.88. The number of hydrogen-bond donors (Lipinski definition) is 4. The standard InChI is InChI=1S/C8H6O4.C3H2F6O6S2/c9-7(10)5-2-1-3-6(4-5)8(11)12;4-1(5,2(6,7)16(10,11)12)3(8,9)17(13,14)15/h1-4H,(H,9,10)(H,11,12);(H,10,11,12)(H,13,14,15). The molecule has 0 atom stereocenters. The summed E-state index contributed by atoms with van der Waals surface area (Å²) in [7, 11) is -14.1. The first kappa shape index (κ1) is 26.6. The molecule has 0 aliphatic heterocycles. The normalized spacial score (nSPS) is 13.2. The lowest BCUT2D eigenvalue weighted by Gasteiger charge is -2.28. The summed E-state index contributed by atoms with van der Waals surface area (Å²) in [6.07, 6.45) is 0. The van der Waals surface area contributed by atoms with E-state index in [0.29, 0.717) is 0 Å². The molecule has 10 nitrogen and oxygen atoms in total. The summed E-state index contributed by atoms with van der Waals surface area (Å²) in [4.78, 5) is 20.8. The monoisotopic (exact) mass is 478 g/mol. The number of alkyl halides is 6. The maximum absolute atomic E-state index is 12.4. The van der Waals surface area contributed by atoms with Gasteiger partial charge in [0.15, 0.2) is 0 Å². The number of halogens is 6. The molecule has 0 heterocycles. The SMILES string of the molecule is O=C(O)c1cccc(C(=O)O)c1.O=S(=O)(O)C(F)(F)C(F)(F)C(F)(F)S(=O)(=O)O. The fraction of sp³-hybridized carbons (Fsp3) is 0.273. The van der Waals surface area contributed by atoms with Gasteiger partial charge in [-0.1, -0.05) is 6.07 Å². The van der Waals surface area contributed by atoms with Crippen LogP contribution in [0, 0.1) is 0 Å². The Balaban J connectivity index is 0.000000571. The van der Waals surface area contributed by atoms with Gasteiger partial charge in [0.05, 0.1) is 11.1 Å². The summed E-state index contributed by atoms with van der Waals surface area (Å²) < 4.78 is 128. The van der Waals surface area contributed by atoms with E-state index in [-0.39, 0.29) is 11.1 Å². The molecule has 0 bridgehead atoms. The van der Waals surface area contributed by atoms with E-state index in [1.165, 1.54) is 18.2 Å². The molecule has 1 aromatic rings. The van der Waals surface area contributed by atoms with Crippen LogP contribution in [0.3, 0.4) is 0 Å².